The number of amides is 1. The number of rotatable bonds is 4. The molecular formula is C17H10Cl2N4O. The molecule has 2 aromatic rings. The molecule has 2 aromatic carbocycles. The molecule has 0 bridgehead atoms. The summed E-state index contributed by atoms with van der Waals surface area (Å²) in [6.07, 6.45) is 1.25. The molecule has 0 heterocycles. The average Bonchev–Trinajstić information content (AvgIpc) is 2.59. The third-order valence-electron chi connectivity index (χ3n) is 2.96. The maximum absolute atomic E-state index is 12.2. The van der Waals surface area contributed by atoms with E-state index in [9.17, 15) is 4.79 Å². The number of hydrogen-bond donors (Lipinski definition) is 2. The Morgan fingerprint density at radius 1 is 1.08 bits per heavy atom. The molecule has 0 aliphatic heterocycles. The van der Waals surface area contributed by atoms with Crippen LogP contribution >= 0.6 is 23.2 Å². The highest BCUT2D eigenvalue weighted by molar-refractivity contribution is 6.42. The maximum atomic E-state index is 12.2. The molecule has 0 spiro atoms. The smallest absolute Gasteiger partial charge is 0.267 e. The minimum absolute atomic E-state index is 0.159. The zero-order chi connectivity index (χ0) is 17.5. The van der Waals surface area contributed by atoms with Crippen LogP contribution in [-0.2, 0) is 4.79 Å². The second kappa shape index (κ2) is 8.03. The van der Waals surface area contributed by atoms with E-state index in [1.54, 1.807) is 48.5 Å². The first-order chi connectivity index (χ1) is 11.5. The highest BCUT2D eigenvalue weighted by Gasteiger charge is 2.11. The summed E-state index contributed by atoms with van der Waals surface area (Å²) >= 11 is 11.7. The standard InChI is InChI=1S/C17H10Cl2N4O/c18-14-6-5-13(7-15(14)19)22-10-12(9-21)17(24)23-16-4-2-1-3-11(16)8-20/h1-7,10,22H,(H,23,24)/b12-10-. The zero-order valence-corrected chi connectivity index (χ0v) is 13.7. The molecule has 0 unspecified atom stereocenters. The van der Waals surface area contributed by atoms with Gasteiger partial charge in [-0.15, -0.1) is 0 Å². The number of halogens is 2. The van der Waals surface area contributed by atoms with Crippen LogP contribution in [0.1, 0.15) is 5.56 Å². The topological polar surface area (TPSA) is 88.7 Å². The molecule has 0 saturated carbocycles. The largest absolute Gasteiger partial charge is 0.360 e. The second-order valence-corrected chi connectivity index (χ2v) is 5.37. The number of anilines is 2. The number of nitriles is 2. The predicted octanol–water partition coefficient (Wildman–Crippen LogP) is 4.32. The normalized spacial score (nSPS) is 10.4. The van der Waals surface area contributed by atoms with Gasteiger partial charge < -0.3 is 10.6 Å². The first-order valence-electron chi connectivity index (χ1n) is 6.67. The zero-order valence-electron chi connectivity index (χ0n) is 12.2. The molecule has 0 aliphatic carbocycles. The van der Waals surface area contributed by atoms with E-state index in [0.717, 1.165) is 0 Å². The van der Waals surface area contributed by atoms with Crippen molar-refractivity contribution in [3.8, 4) is 12.1 Å². The Morgan fingerprint density at radius 2 is 1.83 bits per heavy atom. The molecule has 0 radical (unpaired) electrons. The number of carbonyl (C=O) groups excluding carboxylic acids is 1. The van der Waals surface area contributed by atoms with Crippen molar-refractivity contribution in [2.45, 2.75) is 0 Å². The lowest BCUT2D eigenvalue weighted by atomic mass is 10.2. The number of para-hydroxylation sites is 1. The van der Waals surface area contributed by atoms with E-state index >= 15 is 0 Å². The molecular weight excluding hydrogens is 347 g/mol. The van der Waals surface area contributed by atoms with Crippen molar-refractivity contribution in [3.63, 3.8) is 0 Å². The van der Waals surface area contributed by atoms with Gasteiger partial charge in [-0.3, -0.25) is 4.79 Å². The van der Waals surface area contributed by atoms with Crippen molar-refractivity contribution in [1.82, 2.24) is 0 Å². The van der Waals surface area contributed by atoms with Crippen LogP contribution in [0.15, 0.2) is 54.2 Å². The first kappa shape index (κ1) is 17.4. The van der Waals surface area contributed by atoms with Gasteiger partial charge in [-0.1, -0.05) is 35.3 Å². The Bertz CT molecular complexity index is 894. The minimum Gasteiger partial charge on any atom is -0.360 e. The van der Waals surface area contributed by atoms with Crippen LogP contribution in [0.2, 0.25) is 10.0 Å². The number of nitrogens with one attached hydrogen (secondary N) is 2. The van der Waals surface area contributed by atoms with E-state index < -0.39 is 5.91 Å². The summed E-state index contributed by atoms with van der Waals surface area (Å²) in [7, 11) is 0. The van der Waals surface area contributed by atoms with Gasteiger partial charge >= 0.3 is 0 Å². The lowest BCUT2D eigenvalue weighted by molar-refractivity contribution is -0.112. The summed E-state index contributed by atoms with van der Waals surface area (Å²) in [5.41, 5.74) is 1.05. The molecule has 0 atom stereocenters. The van der Waals surface area contributed by atoms with Crippen LogP contribution in [0.25, 0.3) is 0 Å². The van der Waals surface area contributed by atoms with Crippen LogP contribution in [-0.4, -0.2) is 5.91 Å². The predicted molar refractivity (Wildman–Crippen MR) is 93.6 cm³/mol. The first-order valence-corrected chi connectivity index (χ1v) is 7.43. The number of benzene rings is 2. The number of hydrogen-bond acceptors (Lipinski definition) is 4. The molecule has 0 fully saturated rings. The van der Waals surface area contributed by atoms with Gasteiger partial charge in [0.2, 0.25) is 0 Å². The van der Waals surface area contributed by atoms with E-state index in [1.165, 1.54) is 6.20 Å². The molecule has 0 saturated heterocycles. The Kier molecular flexibility index (Phi) is 5.81. The fraction of sp³-hybridized carbons (Fsp3) is 0. The summed E-state index contributed by atoms with van der Waals surface area (Å²) in [6.45, 7) is 0. The number of nitrogens with zero attached hydrogens (tertiary/aromatic N) is 2. The van der Waals surface area contributed by atoms with Crippen molar-refractivity contribution in [2.75, 3.05) is 10.6 Å². The van der Waals surface area contributed by atoms with Crippen LogP contribution in [0, 0.1) is 22.7 Å². The van der Waals surface area contributed by atoms with E-state index in [2.05, 4.69) is 10.6 Å². The van der Waals surface area contributed by atoms with Gasteiger partial charge in [-0.05, 0) is 30.3 Å². The lowest BCUT2D eigenvalue weighted by Gasteiger charge is -2.07. The number of carbonyl (C=O) groups is 1. The molecule has 2 rings (SSSR count). The Hall–Kier alpha value is -2.99. The highest BCUT2D eigenvalue weighted by Crippen LogP contribution is 2.25. The maximum Gasteiger partial charge on any atom is 0.267 e. The van der Waals surface area contributed by atoms with Gasteiger partial charge in [0.05, 0.1) is 21.3 Å². The van der Waals surface area contributed by atoms with Crippen molar-refractivity contribution in [3.05, 3.63) is 69.8 Å². The molecule has 0 aliphatic rings. The Balaban J connectivity index is 2.15. The molecule has 118 valence electrons. The quantitative estimate of drug-likeness (QED) is 0.630. The monoisotopic (exact) mass is 356 g/mol. The van der Waals surface area contributed by atoms with Crippen molar-refractivity contribution < 1.29 is 4.79 Å². The summed E-state index contributed by atoms with van der Waals surface area (Å²) in [4.78, 5) is 12.2. The highest BCUT2D eigenvalue weighted by atomic mass is 35.5. The third-order valence-corrected chi connectivity index (χ3v) is 3.70. The molecule has 5 nitrogen and oxygen atoms in total. The lowest BCUT2D eigenvalue weighted by Crippen LogP contribution is -2.15. The third kappa shape index (κ3) is 4.27. The van der Waals surface area contributed by atoms with Crippen LogP contribution in [0.3, 0.4) is 0 Å². The Labute approximate surface area is 148 Å². The van der Waals surface area contributed by atoms with Gasteiger partial charge in [0.25, 0.3) is 5.91 Å². The van der Waals surface area contributed by atoms with E-state index in [4.69, 9.17) is 33.7 Å². The van der Waals surface area contributed by atoms with E-state index in [1.807, 2.05) is 6.07 Å². The summed E-state index contributed by atoms with van der Waals surface area (Å²) in [5, 5.41) is 24.2. The van der Waals surface area contributed by atoms with Crippen LogP contribution in [0.5, 0.6) is 0 Å². The van der Waals surface area contributed by atoms with Crippen LogP contribution < -0.4 is 10.6 Å². The van der Waals surface area contributed by atoms with Gasteiger partial charge in [0.15, 0.2) is 0 Å². The molecule has 24 heavy (non-hydrogen) atoms. The molecule has 7 heteroatoms. The molecule has 1 amide bonds. The molecule has 0 aromatic heterocycles. The van der Waals surface area contributed by atoms with E-state index in [0.29, 0.717) is 27.0 Å². The van der Waals surface area contributed by atoms with E-state index in [-0.39, 0.29) is 5.57 Å². The van der Waals surface area contributed by atoms with Crippen molar-refractivity contribution in [1.29, 1.82) is 10.5 Å². The van der Waals surface area contributed by atoms with Gasteiger partial charge in [-0.25, -0.2) is 0 Å². The summed E-state index contributed by atoms with van der Waals surface area (Å²) < 4.78 is 0. The van der Waals surface area contributed by atoms with Crippen molar-refractivity contribution >= 4 is 40.5 Å². The molecule has 2 N–H and O–H groups in total. The minimum atomic E-state index is -0.632. The fourth-order valence-corrected chi connectivity index (χ4v) is 2.07. The van der Waals surface area contributed by atoms with Gasteiger partial charge in [0, 0.05) is 11.9 Å². The van der Waals surface area contributed by atoms with Gasteiger partial charge in [0.1, 0.15) is 17.7 Å². The van der Waals surface area contributed by atoms with Gasteiger partial charge in [-0.2, -0.15) is 10.5 Å². The SMILES string of the molecule is N#C/C(=C/Nc1ccc(Cl)c(Cl)c1)C(=O)Nc1ccccc1C#N. The Morgan fingerprint density at radius 3 is 2.50 bits per heavy atom. The summed E-state index contributed by atoms with van der Waals surface area (Å²) in [6, 6.07) is 15.1. The fourth-order valence-electron chi connectivity index (χ4n) is 1.77. The summed E-state index contributed by atoms with van der Waals surface area (Å²) in [5.74, 6) is -0.632. The van der Waals surface area contributed by atoms with Crippen LogP contribution in [0.4, 0.5) is 11.4 Å². The average molecular weight is 357 g/mol. The van der Waals surface area contributed by atoms with Crippen molar-refractivity contribution in [2.24, 2.45) is 0 Å². The second-order valence-electron chi connectivity index (χ2n) is 4.55.